The third-order valence-corrected chi connectivity index (χ3v) is 2.50. The van der Waals surface area contributed by atoms with Crippen molar-refractivity contribution in [2.45, 2.75) is 27.2 Å². The second kappa shape index (κ2) is 5.30. The number of aryl methyl sites for hydroxylation is 2. The maximum atomic E-state index is 5.89. The second-order valence-corrected chi connectivity index (χ2v) is 4.33. The number of aromatic nitrogens is 5. The van der Waals surface area contributed by atoms with Crippen molar-refractivity contribution >= 4 is 17.5 Å². The first kappa shape index (κ1) is 12.8. The van der Waals surface area contributed by atoms with Gasteiger partial charge in [0.25, 0.3) is 5.95 Å². The average molecular weight is 267 g/mol. The van der Waals surface area contributed by atoms with Gasteiger partial charge in [-0.1, -0.05) is 6.92 Å². The molecule has 0 amide bonds. The molecule has 18 heavy (non-hydrogen) atoms. The van der Waals surface area contributed by atoms with E-state index in [2.05, 4.69) is 32.3 Å². The minimum Gasteiger partial charge on any atom is -0.354 e. The van der Waals surface area contributed by atoms with Gasteiger partial charge in [-0.3, -0.25) is 0 Å². The van der Waals surface area contributed by atoms with Crippen LogP contribution in [0.3, 0.4) is 0 Å². The van der Waals surface area contributed by atoms with Gasteiger partial charge in [-0.2, -0.15) is 20.1 Å². The Morgan fingerprint density at radius 1 is 1.28 bits per heavy atom. The lowest BCUT2D eigenvalue weighted by Crippen LogP contribution is -2.11. The average Bonchev–Trinajstić information content (AvgIpc) is 2.65. The maximum Gasteiger partial charge on any atom is 0.256 e. The number of halogens is 1. The standard InChI is InChI=1S/C11H15ClN6/c1-4-5-13-10-14-9(12)15-11(16-10)18-8(3)6-7(2)17-18/h6H,4-5H2,1-3H3,(H,13,14,15,16). The quantitative estimate of drug-likeness (QED) is 0.918. The fourth-order valence-corrected chi connectivity index (χ4v) is 1.74. The molecular formula is C11H15ClN6. The Morgan fingerprint density at radius 2 is 2.06 bits per heavy atom. The van der Waals surface area contributed by atoms with Crippen molar-refractivity contribution in [1.82, 2.24) is 24.7 Å². The van der Waals surface area contributed by atoms with Gasteiger partial charge in [0.05, 0.1) is 5.69 Å². The molecule has 2 rings (SSSR count). The maximum absolute atomic E-state index is 5.89. The van der Waals surface area contributed by atoms with Crippen LogP contribution in [0.2, 0.25) is 5.28 Å². The predicted octanol–water partition coefficient (Wildman–Crippen LogP) is 2.15. The highest BCUT2D eigenvalue weighted by atomic mass is 35.5. The molecule has 0 radical (unpaired) electrons. The molecule has 6 nitrogen and oxygen atoms in total. The van der Waals surface area contributed by atoms with Gasteiger partial charge in [0.2, 0.25) is 11.2 Å². The molecule has 96 valence electrons. The third kappa shape index (κ3) is 2.76. The Morgan fingerprint density at radius 3 is 2.67 bits per heavy atom. The van der Waals surface area contributed by atoms with Gasteiger partial charge in [-0.25, -0.2) is 4.68 Å². The minimum absolute atomic E-state index is 0.158. The van der Waals surface area contributed by atoms with Crippen molar-refractivity contribution in [3.05, 3.63) is 22.7 Å². The van der Waals surface area contributed by atoms with E-state index >= 15 is 0 Å². The lowest BCUT2D eigenvalue weighted by Gasteiger charge is -2.06. The molecule has 0 aliphatic carbocycles. The third-order valence-electron chi connectivity index (χ3n) is 2.33. The lowest BCUT2D eigenvalue weighted by atomic mass is 10.4. The molecule has 0 aromatic carbocycles. The Hall–Kier alpha value is -1.69. The van der Waals surface area contributed by atoms with Gasteiger partial charge < -0.3 is 5.32 Å². The summed E-state index contributed by atoms with van der Waals surface area (Å²) in [4.78, 5) is 12.4. The Kier molecular flexibility index (Phi) is 3.76. The monoisotopic (exact) mass is 266 g/mol. The Balaban J connectivity index is 2.38. The Bertz CT molecular complexity index is 550. The largest absolute Gasteiger partial charge is 0.354 e. The van der Waals surface area contributed by atoms with Crippen molar-refractivity contribution in [3.8, 4) is 5.95 Å². The Labute approximate surface area is 110 Å². The van der Waals surface area contributed by atoms with E-state index in [0.29, 0.717) is 11.9 Å². The summed E-state index contributed by atoms with van der Waals surface area (Å²) in [5, 5.41) is 7.56. The number of hydrogen-bond acceptors (Lipinski definition) is 5. The van der Waals surface area contributed by atoms with Crippen LogP contribution in [0.25, 0.3) is 5.95 Å². The fourth-order valence-electron chi connectivity index (χ4n) is 1.58. The smallest absolute Gasteiger partial charge is 0.256 e. The van der Waals surface area contributed by atoms with Crippen LogP contribution in [0, 0.1) is 13.8 Å². The minimum atomic E-state index is 0.158. The zero-order valence-corrected chi connectivity index (χ0v) is 11.4. The summed E-state index contributed by atoms with van der Waals surface area (Å²) in [6, 6.07) is 1.96. The number of nitrogens with zero attached hydrogens (tertiary/aromatic N) is 5. The molecule has 0 saturated heterocycles. The molecule has 0 unspecified atom stereocenters. The van der Waals surface area contributed by atoms with Crippen molar-refractivity contribution in [1.29, 1.82) is 0 Å². The van der Waals surface area contributed by atoms with E-state index in [4.69, 9.17) is 11.6 Å². The molecule has 0 bridgehead atoms. The summed E-state index contributed by atoms with van der Waals surface area (Å²) in [6.07, 6.45) is 0.985. The van der Waals surface area contributed by atoms with Crippen LogP contribution in [0.15, 0.2) is 6.07 Å². The van der Waals surface area contributed by atoms with Crippen LogP contribution >= 0.6 is 11.6 Å². The van der Waals surface area contributed by atoms with E-state index in [1.807, 2.05) is 19.9 Å². The molecule has 0 aliphatic rings. The molecule has 2 heterocycles. The molecule has 0 saturated carbocycles. The van der Waals surface area contributed by atoms with Crippen LogP contribution in [0.1, 0.15) is 24.7 Å². The molecule has 7 heteroatoms. The van der Waals surface area contributed by atoms with E-state index in [1.54, 1.807) is 4.68 Å². The summed E-state index contributed by atoms with van der Waals surface area (Å²) in [5.74, 6) is 0.901. The molecule has 0 spiro atoms. The number of hydrogen-bond donors (Lipinski definition) is 1. The van der Waals surface area contributed by atoms with E-state index in [9.17, 15) is 0 Å². The molecule has 0 aliphatic heterocycles. The van der Waals surface area contributed by atoms with Crippen LogP contribution < -0.4 is 5.32 Å². The van der Waals surface area contributed by atoms with Crippen LogP contribution in [-0.4, -0.2) is 31.3 Å². The summed E-state index contributed by atoms with van der Waals surface area (Å²) < 4.78 is 1.65. The lowest BCUT2D eigenvalue weighted by molar-refractivity contribution is 0.763. The van der Waals surface area contributed by atoms with E-state index < -0.39 is 0 Å². The van der Waals surface area contributed by atoms with Gasteiger partial charge in [0.1, 0.15) is 0 Å². The van der Waals surface area contributed by atoms with E-state index in [-0.39, 0.29) is 5.28 Å². The van der Waals surface area contributed by atoms with Crippen LogP contribution in [-0.2, 0) is 0 Å². The number of nitrogens with one attached hydrogen (secondary N) is 1. The van der Waals surface area contributed by atoms with Gasteiger partial charge in [0, 0.05) is 12.2 Å². The molecule has 2 aromatic heterocycles. The fraction of sp³-hybridized carbons (Fsp3) is 0.455. The topological polar surface area (TPSA) is 68.5 Å². The van der Waals surface area contributed by atoms with Gasteiger partial charge >= 0.3 is 0 Å². The normalized spacial score (nSPS) is 10.7. The molecular weight excluding hydrogens is 252 g/mol. The zero-order chi connectivity index (χ0) is 13.1. The van der Waals surface area contributed by atoms with Crippen LogP contribution in [0.4, 0.5) is 5.95 Å². The van der Waals surface area contributed by atoms with Crippen molar-refractivity contribution in [2.24, 2.45) is 0 Å². The SMILES string of the molecule is CCCNc1nc(Cl)nc(-n2nc(C)cc2C)n1. The highest BCUT2D eigenvalue weighted by Gasteiger charge is 2.10. The van der Waals surface area contributed by atoms with Gasteiger partial charge in [-0.15, -0.1) is 0 Å². The first-order valence-electron chi connectivity index (χ1n) is 5.79. The number of anilines is 1. The van der Waals surface area contributed by atoms with Gasteiger partial charge in [0.15, 0.2) is 0 Å². The zero-order valence-electron chi connectivity index (χ0n) is 10.6. The van der Waals surface area contributed by atoms with Crippen molar-refractivity contribution in [3.63, 3.8) is 0 Å². The molecule has 1 N–H and O–H groups in total. The van der Waals surface area contributed by atoms with Gasteiger partial charge in [-0.05, 0) is 37.9 Å². The predicted molar refractivity (Wildman–Crippen MR) is 70.2 cm³/mol. The van der Waals surface area contributed by atoms with E-state index in [0.717, 1.165) is 24.4 Å². The summed E-state index contributed by atoms with van der Waals surface area (Å²) >= 11 is 5.89. The van der Waals surface area contributed by atoms with Crippen molar-refractivity contribution < 1.29 is 0 Å². The second-order valence-electron chi connectivity index (χ2n) is 3.99. The number of rotatable bonds is 4. The van der Waals surface area contributed by atoms with E-state index in [1.165, 1.54) is 0 Å². The molecule has 0 atom stereocenters. The highest BCUT2D eigenvalue weighted by molar-refractivity contribution is 6.28. The first-order chi connectivity index (χ1) is 8.60. The molecule has 0 fully saturated rings. The molecule has 2 aromatic rings. The van der Waals surface area contributed by atoms with Crippen LogP contribution in [0.5, 0.6) is 0 Å². The summed E-state index contributed by atoms with van der Waals surface area (Å²) in [6.45, 7) is 6.72. The summed E-state index contributed by atoms with van der Waals surface area (Å²) in [5.41, 5.74) is 1.86. The van der Waals surface area contributed by atoms with Crippen molar-refractivity contribution in [2.75, 3.05) is 11.9 Å². The first-order valence-corrected chi connectivity index (χ1v) is 6.17. The summed E-state index contributed by atoms with van der Waals surface area (Å²) in [7, 11) is 0. The highest BCUT2D eigenvalue weighted by Crippen LogP contribution is 2.12.